The SMILES string of the molecule is CCC(C)CC(C)NCCC(C)c1ccccc1. The highest BCUT2D eigenvalue weighted by molar-refractivity contribution is 5.18. The number of nitrogens with one attached hydrogen (secondary N) is 1. The summed E-state index contributed by atoms with van der Waals surface area (Å²) < 4.78 is 0. The molecule has 3 unspecified atom stereocenters. The molecule has 1 aromatic carbocycles. The fourth-order valence-electron chi connectivity index (χ4n) is 2.35. The topological polar surface area (TPSA) is 12.0 Å². The van der Waals surface area contributed by atoms with Crippen molar-refractivity contribution in [3.63, 3.8) is 0 Å². The van der Waals surface area contributed by atoms with Gasteiger partial charge in [-0.15, -0.1) is 0 Å². The number of hydrogen-bond acceptors (Lipinski definition) is 1. The third kappa shape index (κ3) is 5.68. The van der Waals surface area contributed by atoms with E-state index in [-0.39, 0.29) is 0 Å². The molecule has 0 amide bonds. The van der Waals surface area contributed by atoms with Crippen molar-refractivity contribution in [2.45, 2.75) is 58.9 Å². The van der Waals surface area contributed by atoms with E-state index >= 15 is 0 Å². The summed E-state index contributed by atoms with van der Waals surface area (Å²) in [4.78, 5) is 0. The van der Waals surface area contributed by atoms with Crippen LogP contribution < -0.4 is 5.32 Å². The molecule has 1 heteroatoms. The Labute approximate surface area is 113 Å². The Balaban J connectivity index is 2.21. The molecule has 1 aromatic rings. The highest BCUT2D eigenvalue weighted by Gasteiger charge is 2.08. The van der Waals surface area contributed by atoms with Crippen LogP contribution in [0.25, 0.3) is 0 Å². The summed E-state index contributed by atoms with van der Waals surface area (Å²) in [5.41, 5.74) is 1.45. The molecule has 102 valence electrons. The van der Waals surface area contributed by atoms with Crippen LogP contribution in [-0.2, 0) is 0 Å². The van der Waals surface area contributed by atoms with Crippen molar-refractivity contribution in [3.05, 3.63) is 35.9 Å². The van der Waals surface area contributed by atoms with E-state index < -0.39 is 0 Å². The van der Waals surface area contributed by atoms with Crippen molar-refractivity contribution in [2.24, 2.45) is 5.92 Å². The highest BCUT2D eigenvalue weighted by atomic mass is 14.9. The normalized spacial score (nSPS) is 16.2. The maximum atomic E-state index is 3.65. The minimum atomic E-state index is 0.642. The van der Waals surface area contributed by atoms with Crippen molar-refractivity contribution in [1.29, 1.82) is 0 Å². The number of hydrogen-bond donors (Lipinski definition) is 1. The molecule has 3 atom stereocenters. The zero-order valence-corrected chi connectivity index (χ0v) is 12.4. The molecule has 0 aliphatic rings. The molecule has 0 bridgehead atoms. The molecular weight excluding hydrogens is 218 g/mol. The van der Waals surface area contributed by atoms with Gasteiger partial charge in [0, 0.05) is 6.04 Å². The molecular formula is C17H29N. The predicted molar refractivity (Wildman–Crippen MR) is 81.0 cm³/mol. The maximum Gasteiger partial charge on any atom is 0.00412 e. The van der Waals surface area contributed by atoms with Crippen LogP contribution in [0.1, 0.15) is 58.4 Å². The summed E-state index contributed by atoms with van der Waals surface area (Å²) in [5, 5.41) is 3.65. The van der Waals surface area contributed by atoms with Crippen molar-refractivity contribution in [1.82, 2.24) is 5.32 Å². The average Bonchev–Trinajstić information content (AvgIpc) is 2.39. The summed E-state index contributed by atoms with van der Waals surface area (Å²) in [6.45, 7) is 10.4. The van der Waals surface area contributed by atoms with Gasteiger partial charge in [0.05, 0.1) is 0 Å². The predicted octanol–water partition coefficient (Wildman–Crippen LogP) is 4.59. The van der Waals surface area contributed by atoms with Gasteiger partial charge in [-0.1, -0.05) is 57.5 Å². The second-order valence-electron chi connectivity index (χ2n) is 5.70. The molecule has 1 N–H and O–H groups in total. The molecule has 0 aliphatic heterocycles. The van der Waals surface area contributed by atoms with Crippen molar-refractivity contribution >= 4 is 0 Å². The minimum absolute atomic E-state index is 0.642. The second-order valence-corrected chi connectivity index (χ2v) is 5.70. The monoisotopic (exact) mass is 247 g/mol. The Kier molecular flexibility index (Phi) is 7.04. The van der Waals surface area contributed by atoms with Gasteiger partial charge in [0.1, 0.15) is 0 Å². The van der Waals surface area contributed by atoms with E-state index in [0.29, 0.717) is 12.0 Å². The minimum Gasteiger partial charge on any atom is -0.314 e. The molecule has 0 radical (unpaired) electrons. The lowest BCUT2D eigenvalue weighted by atomic mass is 9.97. The molecule has 0 aliphatic carbocycles. The third-order valence-electron chi connectivity index (χ3n) is 3.89. The maximum absolute atomic E-state index is 3.65. The van der Waals surface area contributed by atoms with E-state index in [2.05, 4.69) is 63.3 Å². The molecule has 0 spiro atoms. The Bertz CT molecular complexity index is 307. The van der Waals surface area contributed by atoms with Crippen LogP contribution in [0, 0.1) is 5.92 Å². The fourth-order valence-corrected chi connectivity index (χ4v) is 2.35. The van der Waals surface area contributed by atoms with E-state index in [1.807, 2.05) is 0 Å². The van der Waals surface area contributed by atoms with Crippen LogP contribution in [0.5, 0.6) is 0 Å². The summed E-state index contributed by atoms with van der Waals surface area (Å²) >= 11 is 0. The molecule has 1 nitrogen and oxygen atoms in total. The van der Waals surface area contributed by atoms with Crippen LogP contribution >= 0.6 is 0 Å². The van der Waals surface area contributed by atoms with E-state index in [1.54, 1.807) is 0 Å². The van der Waals surface area contributed by atoms with Gasteiger partial charge in [-0.25, -0.2) is 0 Å². The quantitative estimate of drug-likeness (QED) is 0.708. The van der Waals surface area contributed by atoms with Crippen molar-refractivity contribution < 1.29 is 0 Å². The molecule has 0 fully saturated rings. The average molecular weight is 247 g/mol. The van der Waals surface area contributed by atoms with Crippen LogP contribution in [0.2, 0.25) is 0 Å². The number of benzene rings is 1. The second kappa shape index (κ2) is 8.31. The van der Waals surface area contributed by atoms with Crippen molar-refractivity contribution in [2.75, 3.05) is 6.54 Å². The lowest BCUT2D eigenvalue weighted by Crippen LogP contribution is -2.29. The molecule has 0 saturated carbocycles. The Morgan fingerprint density at radius 2 is 1.72 bits per heavy atom. The Morgan fingerprint density at radius 1 is 1.06 bits per heavy atom. The Hall–Kier alpha value is -0.820. The van der Waals surface area contributed by atoms with Crippen LogP contribution in [0.15, 0.2) is 30.3 Å². The summed E-state index contributed by atoms with van der Waals surface area (Å²) in [6, 6.07) is 11.4. The fraction of sp³-hybridized carbons (Fsp3) is 0.647. The van der Waals surface area contributed by atoms with E-state index in [1.165, 1.54) is 24.8 Å². The van der Waals surface area contributed by atoms with E-state index in [4.69, 9.17) is 0 Å². The first-order chi connectivity index (χ1) is 8.63. The zero-order valence-electron chi connectivity index (χ0n) is 12.4. The smallest absolute Gasteiger partial charge is 0.00412 e. The molecule has 0 saturated heterocycles. The first-order valence-corrected chi connectivity index (χ1v) is 7.41. The van der Waals surface area contributed by atoms with Crippen LogP contribution in [0.3, 0.4) is 0 Å². The third-order valence-corrected chi connectivity index (χ3v) is 3.89. The van der Waals surface area contributed by atoms with Gasteiger partial charge in [-0.2, -0.15) is 0 Å². The van der Waals surface area contributed by atoms with Gasteiger partial charge in [-0.05, 0) is 43.7 Å². The lowest BCUT2D eigenvalue weighted by molar-refractivity contribution is 0.407. The standard InChI is InChI=1S/C17H29N/c1-5-14(2)13-16(4)18-12-11-15(3)17-9-7-6-8-10-17/h6-10,14-16,18H,5,11-13H2,1-4H3. The first kappa shape index (κ1) is 15.2. The molecule has 18 heavy (non-hydrogen) atoms. The molecule has 0 heterocycles. The zero-order chi connectivity index (χ0) is 13.4. The summed E-state index contributed by atoms with van der Waals surface area (Å²) in [7, 11) is 0. The molecule has 1 rings (SSSR count). The van der Waals surface area contributed by atoms with Gasteiger partial charge in [0.25, 0.3) is 0 Å². The lowest BCUT2D eigenvalue weighted by Gasteiger charge is -2.19. The largest absolute Gasteiger partial charge is 0.314 e. The highest BCUT2D eigenvalue weighted by Crippen LogP contribution is 2.18. The van der Waals surface area contributed by atoms with Crippen molar-refractivity contribution in [3.8, 4) is 0 Å². The van der Waals surface area contributed by atoms with Crippen LogP contribution in [-0.4, -0.2) is 12.6 Å². The van der Waals surface area contributed by atoms with Gasteiger partial charge in [-0.3, -0.25) is 0 Å². The van der Waals surface area contributed by atoms with Gasteiger partial charge in [0.2, 0.25) is 0 Å². The summed E-state index contributed by atoms with van der Waals surface area (Å²) in [5.74, 6) is 1.48. The Morgan fingerprint density at radius 3 is 2.33 bits per heavy atom. The first-order valence-electron chi connectivity index (χ1n) is 7.41. The number of rotatable bonds is 8. The van der Waals surface area contributed by atoms with E-state index in [0.717, 1.165) is 12.5 Å². The summed E-state index contributed by atoms with van der Waals surface area (Å²) in [6.07, 6.45) is 3.79. The molecule has 0 aromatic heterocycles. The van der Waals surface area contributed by atoms with E-state index in [9.17, 15) is 0 Å². The van der Waals surface area contributed by atoms with Gasteiger partial charge >= 0.3 is 0 Å². The van der Waals surface area contributed by atoms with Gasteiger partial charge in [0.15, 0.2) is 0 Å². The van der Waals surface area contributed by atoms with Crippen LogP contribution in [0.4, 0.5) is 0 Å². The van der Waals surface area contributed by atoms with Gasteiger partial charge < -0.3 is 5.32 Å².